The molecule has 2 rings (SSSR count). The van der Waals surface area contributed by atoms with E-state index in [0.717, 1.165) is 0 Å². The molecule has 0 spiro atoms. The van der Waals surface area contributed by atoms with E-state index in [1.54, 1.807) is 6.07 Å². The molecule has 1 aromatic heterocycles. The fourth-order valence-electron chi connectivity index (χ4n) is 1.32. The van der Waals surface area contributed by atoms with Crippen molar-refractivity contribution in [2.24, 2.45) is 5.84 Å². The second-order valence-corrected chi connectivity index (χ2v) is 5.52. The van der Waals surface area contributed by atoms with Crippen molar-refractivity contribution < 1.29 is 4.74 Å². The zero-order valence-corrected chi connectivity index (χ0v) is 13.2. The van der Waals surface area contributed by atoms with Crippen molar-refractivity contribution in [3.63, 3.8) is 0 Å². The van der Waals surface area contributed by atoms with Crippen LogP contribution in [-0.2, 0) is 0 Å². The largest absolute Gasteiger partial charge is 0.437 e. The van der Waals surface area contributed by atoms with Gasteiger partial charge >= 0.3 is 0 Å². The predicted octanol–water partition coefficient (Wildman–Crippen LogP) is 4.24. The zero-order chi connectivity index (χ0) is 14.7. The van der Waals surface area contributed by atoms with E-state index < -0.39 is 0 Å². The summed E-state index contributed by atoms with van der Waals surface area (Å²) in [5.74, 6) is 6.40. The van der Waals surface area contributed by atoms with Gasteiger partial charge in [0.2, 0.25) is 5.88 Å². The maximum absolute atomic E-state index is 6.04. The van der Waals surface area contributed by atoms with Gasteiger partial charge < -0.3 is 10.2 Å². The summed E-state index contributed by atoms with van der Waals surface area (Å²) in [5, 5.41) is 1.51. The second-order valence-electron chi connectivity index (χ2n) is 3.52. The highest BCUT2D eigenvalue weighted by atomic mass is 35.5. The highest BCUT2D eigenvalue weighted by Gasteiger charge is 2.11. The highest BCUT2D eigenvalue weighted by Crippen LogP contribution is 2.36. The molecule has 1 heterocycles. The van der Waals surface area contributed by atoms with E-state index in [0.29, 0.717) is 31.8 Å². The van der Waals surface area contributed by atoms with E-state index in [9.17, 15) is 0 Å². The molecule has 0 amide bonds. The van der Waals surface area contributed by atoms with Crippen molar-refractivity contribution in [1.82, 2.24) is 9.97 Å². The lowest BCUT2D eigenvalue weighted by atomic mass is 10.3. The number of nitrogens with zero attached hydrogens (tertiary/aromatic N) is 2. The molecule has 0 bridgehead atoms. The van der Waals surface area contributed by atoms with Crippen LogP contribution in [0.15, 0.2) is 23.4 Å². The summed E-state index contributed by atoms with van der Waals surface area (Å²) in [4.78, 5) is 8.31. The Kier molecular flexibility index (Phi) is 5.17. The van der Waals surface area contributed by atoms with Gasteiger partial charge in [-0.1, -0.05) is 46.6 Å². The number of nitrogens with one attached hydrogen (secondary N) is 1. The van der Waals surface area contributed by atoms with Crippen molar-refractivity contribution in [2.45, 2.75) is 5.16 Å². The molecule has 0 saturated heterocycles. The minimum Gasteiger partial charge on any atom is -0.437 e. The van der Waals surface area contributed by atoms with Gasteiger partial charge in [0.05, 0.1) is 15.1 Å². The maximum atomic E-state index is 6.04. The number of aromatic nitrogens is 2. The fourth-order valence-corrected chi connectivity index (χ4v) is 2.26. The van der Waals surface area contributed by atoms with Crippen LogP contribution in [0.2, 0.25) is 15.1 Å². The first-order chi connectivity index (χ1) is 9.53. The molecule has 0 aliphatic heterocycles. The third-order valence-electron chi connectivity index (χ3n) is 2.20. The van der Waals surface area contributed by atoms with Crippen molar-refractivity contribution in [3.05, 3.63) is 33.3 Å². The lowest BCUT2D eigenvalue weighted by Gasteiger charge is -2.10. The minimum atomic E-state index is 0.289. The molecule has 0 radical (unpaired) electrons. The molecule has 106 valence electrons. The van der Waals surface area contributed by atoms with Crippen molar-refractivity contribution in [1.29, 1.82) is 0 Å². The molecule has 20 heavy (non-hydrogen) atoms. The van der Waals surface area contributed by atoms with Crippen LogP contribution in [0, 0.1) is 0 Å². The van der Waals surface area contributed by atoms with Crippen LogP contribution < -0.4 is 16.0 Å². The number of thioether (sulfide) groups is 1. The molecular weight excluding hydrogens is 343 g/mol. The summed E-state index contributed by atoms with van der Waals surface area (Å²) >= 11 is 19.2. The molecule has 1 aromatic carbocycles. The van der Waals surface area contributed by atoms with Gasteiger partial charge in [-0.25, -0.2) is 10.8 Å². The topological polar surface area (TPSA) is 73.1 Å². The van der Waals surface area contributed by atoms with Crippen LogP contribution >= 0.6 is 46.6 Å². The molecular formula is C11H9Cl3N4OS. The van der Waals surface area contributed by atoms with Gasteiger partial charge in [0.25, 0.3) is 0 Å². The van der Waals surface area contributed by atoms with Gasteiger partial charge in [-0.05, 0) is 12.3 Å². The minimum absolute atomic E-state index is 0.289. The number of nitrogen functional groups attached to an aromatic ring is 1. The second kappa shape index (κ2) is 6.69. The van der Waals surface area contributed by atoms with E-state index in [-0.39, 0.29) is 5.88 Å². The standard InChI is InChI=1S/C11H9Cl3N4OS/c1-20-11-16-9(18-15)4-10(17-11)19-8-3-6(13)5(12)2-7(8)14/h2-4H,15H2,1H3,(H,16,17,18). The number of hydrazine groups is 1. The van der Waals surface area contributed by atoms with Crippen LogP contribution in [0.25, 0.3) is 0 Å². The number of nitrogens with two attached hydrogens (primary N) is 1. The summed E-state index contributed by atoms with van der Waals surface area (Å²) in [6, 6.07) is 4.56. The smallest absolute Gasteiger partial charge is 0.225 e. The Morgan fingerprint density at radius 1 is 1.10 bits per heavy atom. The molecule has 3 N–H and O–H groups in total. The number of anilines is 1. The zero-order valence-electron chi connectivity index (χ0n) is 10.2. The van der Waals surface area contributed by atoms with E-state index >= 15 is 0 Å². The van der Waals surface area contributed by atoms with Gasteiger partial charge in [0.15, 0.2) is 5.16 Å². The Morgan fingerprint density at radius 2 is 1.80 bits per heavy atom. The Bertz CT molecular complexity index is 619. The first kappa shape index (κ1) is 15.5. The molecule has 5 nitrogen and oxygen atoms in total. The molecule has 0 saturated carbocycles. The number of halogens is 3. The number of ether oxygens (including phenoxy) is 1. The molecule has 9 heteroatoms. The van der Waals surface area contributed by atoms with Crippen molar-refractivity contribution >= 4 is 52.4 Å². The lowest BCUT2D eigenvalue weighted by Crippen LogP contribution is -2.09. The molecule has 0 aliphatic carbocycles. The highest BCUT2D eigenvalue weighted by molar-refractivity contribution is 7.98. The van der Waals surface area contributed by atoms with E-state index in [1.165, 1.54) is 23.9 Å². The Morgan fingerprint density at radius 3 is 2.45 bits per heavy atom. The van der Waals surface area contributed by atoms with Crippen molar-refractivity contribution in [2.75, 3.05) is 11.7 Å². The van der Waals surface area contributed by atoms with E-state index in [2.05, 4.69) is 15.4 Å². The fraction of sp³-hybridized carbons (Fsp3) is 0.0909. The number of benzene rings is 1. The molecule has 0 atom stereocenters. The van der Waals surface area contributed by atoms with Crippen LogP contribution in [0.4, 0.5) is 5.82 Å². The third-order valence-corrected chi connectivity index (χ3v) is 3.77. The monoisotopic (exact) mass is 350 g/mol. The summed E-state index contributed by atoms with van der Waals surface area (Å²) in [7, 11) is 0. The molecule has 0 aliphatic rings. The maximum Gasteiger partial charge on any atom is 0.225 e. The summed E-state index contributed by atoms with van der Waals surface area (Å²) in [5.41, 5.74) is 2.44. The average Bonchev–Trinajstić information content (AvgIpc) is 2.44. The summed E-state index contributed by atoms with van der Waals surface area (Å²) in [6.45, 7) is 0. The SMILES string of the molecule is CSc1nc(NN)cc(Oc2cc(Cl)c(Cl)cc2Cl)n1. The average molecular weight is 352 g/mol. The number of hydrogen-bond acceptors (Lipinski definition) is 6. The van der Waals surface area contributed by atoms with Gasteiger partial charge in [-0.3, -0.25) is 0 Å². The predicted molar refractivity (Wildman–Crippen MR) is 83.2 cm³/mol. The van der Waals surface area contributed by atoms with Crippen LogP contribution in [0.5, 0.6) is 11.6 Å². The van der Waals surface area contributed by atoms with Crippen molar-refractivity contribution in [3.8, 4) is 11.6 Å². The van der Waals surface area contributed by atoms with Gasteiger partial charge in [0.1, 0.15) is 11.6 Å². The lowest BCUT2D eigenvalue weighted by molar-refractivity contribution is 0.456. The normalized spacial score (nSPS) is 10.4. The Labute approximate surface area is 134 Å². The Balaban J connectivity index is 2.36. The van der Waals surface area contributed by atoms with Crippen LogP contribution in [0.1, 0.15) is 0 Å². The van der Waals surface area contributed by atoms with Gasteiger partial charge in [-0.2, -0.15) is 4.98 Å². The van der Waals surface area contributed by atoms with Crippen LogP contribution in [0.3, 0.4) is 0 Å². The third kappa shape index (κ3) is 3.59. The first-order valence-corrected chi connectivity index (χ1v) is 7.61. The number of hydrogen-bond donors (Lipinski definition) is 2. The Hall–Kier alpha value is -0.920. The molecule has 2 aromatic rings. The summed E-state index contributed by atoms with van der Waals surface area (Å²) < 4.78 is 5.59. The van der Waals surface area contributed by atoms with Gasteiger partial charge in [0, 0.05) is 12.1 Å². The molecule has 0 fully saturated rings. The first-order valence-electron chi connectivity index (χ1n) is 5.25. The quantitative estimate of drug-likeness (QED) is 0.282. The number of rotatable bonds is 4. The molecule has 0 unspecified atom stereocenters. The van der Waals surface area contributed by atoms with E-state index in [1.807, 2.05) is 6.26 Å². The van der Waals surface area contributed by atoms with Gasteiger partial charge in [-0.15, -0.1) is 0 Å². The van der Waals surface area contributed by atoms with Crippen LogP contribution in [-0.4, -0.2) is 16.2 Å². The summed E-state index contributed by atoms with van der Waals surface area (Å²) in [6.07, 6.45) is 1.84. The van der Waals surface area contributed by atoms with E-state index in [4.69, 9.17) is 45.4 Å².